The number of hydrogen-bond donors (Lipinski definition) is 1. The van der Waals surface area contributed by atoms with Crippen LogP contribution in [0.1, 0.15) is 46.5 Å². The van der Waals surface area contributed by atoms with Crippen LogP contribution in [0.3, 0.4) is 0 Å². The maximum absolute atomic E-state index is 3.70. The monoisotopic (exact) mass is 270 g/mol. The van der Waals surface area contributed by atoms with Crippen molar-refractivity contribution in [3.05, 3.63) is 0 Å². The minimum Gasteiger partial charge on any atom is -0.311 e. The fourth-order valence-corrected chi connectivity index (χ4v) is 4.90. The molecule has 0 aromatic carbocycles. The van der Waals surface area contributed by atoms with Crippen LogP contribution in [-0.4, -0.2) is 47.6 Å². The van der Waals surface area contributed by atoms with Crippen molar-refractivity contribution in [1.29, 1.82) is 0 Å². The molecule has 2 nitrogen and oxygen atoms in total. The summed E-state index contributed by atoms with van der Waals surface area (Å²) in [5, 5.41) is 4.61. The maximum atomic E-state index is 3.70. The van der Waals surface area contributed by atoms with Crippen LogP contribution in [-0.2, 0) is 0 Å². The van der Waals surface area contributed by atoms with Gasteiger partial charge in [0.05, 0.1) is 0 Å². The summed E-state index contributed by atoms with van der Waals surface area (Å²) in [5.41, 5.74) is 0. The lowest BCUT2D eigenvalue weighted by Crippen LogP contribution is -2.55. The Morgan fingerprint density at radius 1 is 1.33 bits per heavy atom. The molecule has 18 heavy (non-hydrogen) atoms. The third-order valence-corrected chi connectivity index (χ3v) is 5.62. The lowest BCUT2D eigenvalue weighted by atomic mass is 10.0. The Kier molecular flexibility index (Phi) is 5.84. The summed E-state index contributed by atoms with van der Waals surface area (Å²) < 4.78 is 0. The molecule has 2 rings (SSSR count). The first-order chi connectivity index (χ1) is 8.70. The fraction of sp³-hybridized carbons (Fsp3) is 1.00. The Labute approximate surface area is 117 Å². The van der Waals surface area contributed by atoms with E-state index >= 15 is 0 Å². The minimum atomic E-state index is 0.728. The first kappa shape index (κ1) is 14.7. The number of piperazine rings is 1. The zero-order chi connectivity index (χ0) is 13.0. The van der Waals surface area contributed by atoms with E-state index in [1.54, 1.807) is 0 Å². The molecule has 0 bridgehead atoms. The molecule has 3 unspecified atom stereocenters. The van der Waals surface area contributed by atoms with E-state index in [-0.39, 0.29) is 0 Å². The number of nitrogens with one attached hydrogen (secondary N) is 1. The number of hydrogen-bond acceptors (Lipinski definition) is 3. The molecule has 0 radical (unpaired) electrons. The number of nitrogens with zero attached hydrogens (tertiary/aromatic N) is 1. The van der Waals surface area contributed by atoms with Gasteiger partial charge in [-0.2, -0.15) is 11.8 Å². The van der Waals surface area contributed by atoms with Crippen LogP contribution < -0.4 is 5.32 Å². The Hall–Kier alpha value is 0.270. The van der Waals surface area contributed by atoms with E-state index in [1.165, 1.54) is 51.1 Å². The average molecular weight is 270 g/mol. The smallest absolute Gasteiger partial charge is 0.0215 e. The highest BCUT2D eigenvalue weighted by atomic mass is 32.2. The molecule has 106 valence electrons. The molecule has 3 atom stereocenters. The van der Waals surface area contributed by atoms with Gasteiger partial charge in [-0.05, 0) is 30.9 Å². The predicted molar refractivity (Wildman–Crippen MR) is 82.4 cm³/mol. The molecule has 1 heterocycles. The van der Waals surface area contributed by atoms with Crippen molar-refractivity contribution in [3.63, 3.8) is 0 Å². The van der Waals surface area contributed by atoms with Crippen molar-refractivity contribution in [2.75, 3.05) is 25.4 Å². The summed E-state index contributed by atoms with van der Waals surface area (Å²) in [6.07, 6.45) is 5.66. The average Bonchev–Trinajstić information content (AvgIpc) is 2.77. The van der Waals surface area contributed by atoms with Crippen molar-refractivity contribution in [3.8, 4) is 0 Å². The van der Waals surface area contributed by atoms with Gasteiger partial charge in [-0.15, -0.1) is 0 Å². The van der Waals surface area contributed by atoms with E-state index in [4.69, 9.17) is 0 Å². The van der Waals surface area contributed by atoms with E-state index in [1.807, 2.05) is 0 Å². The van der Waals surface area contributed by atoms with Crippen molar-refractivity contribution < 1.29 is 0 Å². The first-order valence-electron chi connectivity index (χ1n) is 7.79. The van der Waals surface area contributed by atoms with Crippen LogP contribution in [0.15, 0.2) is 0 Å². The highest BCUT2D eigenvalue weighted by molar-refractivity contribution is 7.99. The third kappa shape index (κ3) is 3.88. The number of rotatable bonds is 5. The molecular weight excluding hydrogens is 240 g/mol. The second-order valence-electron chi connectivity index (χ2n) is 6.27. The van der Waals surface area contributed by atoms with Crippen LogP contribution in [0, 0.1) is 5.92 Å². The van der Waals surface area contributed by atoms with Gasteiger partial charge in [0.25, 0.3) is 0 Å². The Morgan fingerprint density at radius 3 is 2.89 bits per heavy atom. The first-order valence-corrected chi connectivity index (χ1v) is 8.84. The SMILES string of the molecule is CCSC1CCCC1N1CCNC(CC(C)C)C1. The molecule has 0 amide bonds. The lowest BCUT2D eigenvalue weighted by Gasteiger charge is -2.40. The molecule has 1 aliphatic heterocycles. The van der Waals surface area contributed by atoms with Gasteiger partial charge in [0.2, 0.25) is 0 Å². The van der Waals surface area contributed by atoms with E-state index in [9.17, 15) is 0 Å². The summed E-state index contributed by atoms with van der Waals surface area (Å²) in [6, 6.07) is 1.60. The molecule has 3 heteroatoms. The molecule has 2 aliphatic rings. The van der Waals surface area contributed by atoms with Gasteiger partial charge in [0.15, 0.2) is 0 Å². The molecule has 1 aliphatic carbocycles. The van der Waals surface area contributed by atoms with Gasteiger partial charge in [0, 0.05) is 37.0 Å². The van der Waals surface area contributed by atoms with Crippen molar-refractivity contribution in [2.45, 2.75) is 63.8 Å². The van der Waals surface area contributed by atoms with Crippen molar-refractivity contribution in [2.24, 2.45) is 5.92 Å². The molecule has 2 fully saturated rings. The van der Waals surface area contributed by atoms with Crippen LogP contribution >= 0.6 is 11.8 Å². The van der Waals surface area contributed by atoms with Crippen LogP contribution in [0.2, 0.25) is 0 Å². The highest BCUT2D eigenvalue weighted by Gasteiger charge is 2.34. The van der Waals surface area contributed by atoms with Gasteiger partial charge in [0.1, 0.15) is 0 Å². The van der Waals surface area contributed by atoms with E-state index in [2.05, 4.69) is 42.7 Å². The van der Waals surface area contributed by atoms with Gasteiger partial charge >= 0.3 is 0 Å². The zero-order valence-corrected chi connectivity index (χ0v) is 13.1. The van der Waals surface area contributed by atoms with Crippen molar-refractivity contribution in [1.82, 2.24) is 10.2 Å². The molecule has 1 saturated heterocycles. The maximum Gasteiger partial charge on any atom is 0.0215 e. The summed E-state index contributed by atoms with van der Waals surface area (Å²) in [4.78, 5) is 2.80. The molecule has 1 N–H and O–H groups in total. The molecule has 0 spiro atoms. The topological polar surface area (TPSA) is 15.3 Å². The van der Waals surface area contributed by atoms with Gasteiger partial charge in [-0.3, -0.25) is 4.90 Å². The minimum absolute atomic E-state index is 0.728. The van der Waals surface area contributed by atoms with E-state index in [0.29, 0.717) is 0 Å². The quantitative estimate of drug-likeness (QED) is 0.827. The van der Waals surface area contributed by atoms with Crippen molar-refractivity contribution >= 4 is 11.8 Å². The normalized spacial score (nSPS) is 34.3. The third-order valence-electron chi connectivity index (χ3n) is 4.31. The zero-order valence-electron chi connectivity index (χ0n) is 12.3. The highest BCUT2D eigenvalue weighted by Crippen LogP contribution is 2.34. The molecular formula is C15H30N2S. The Bertz CT molecular complexity index is 245. The number of thioether (sulfide) groups is 1. The lowest BCUT2D eigenvalue weighted by molar-refractivity contribution is 0.139. The second-order valence-corrected chi connectivity index (χ2v) is 7.78. The summed E-state index contributed by atoms with van der Waals surface area (Å²) in [6.45, 7) is 10.7. The van der Waals surface area contributed by atoms with E-state index < -0.39 is 0 Å². The Morgan fingerprint density at radius 2 is 2.17 bits per heavy atom. The summed E-state index contributed by atoms with van der Waals surface area (Å²) >= 11 is 2.19. The standard InChI is InChI=1S/C15H30N2S/c1-4-18-15-7-5-6-14(15)17-9-8-16-13(11-17)10-12(2)3/h12-16H,4-11H2,1-3H3. The Balaban J connectivity index is 1.87. The van der Waals surface area contributed by atoms with Gasteiger partial charge in [-0.25, -0.2) is 0 Å². The van der Waals surface area contributed by atoms with Crippen LogP contribution in [0.5, 0.6) is 0 Å². The van der Waals surface area contributed by atoms with Crippen LogP contribution in [0.25, 0.3) is 0 Å². The molecule has 1 saturated carbocycles. The predicted octanol–water partition coefficient (Wildman–Crippen LogP) is 2.98. The summed E-state index contributed by atoms with van der Waals surface area (Å²) in [7, 11) is 0. The summed E-state index contributed by atoms with van der Waals surface area (Å²) in [5.74, 6) is 2.09. The van der Waals surface area contributed by atoms with E-state index in [0.717, 1.165) is 23.3 Å². The fourth-order valence-electron chi connectivity index (χ4n) is 3.61. The molecule has 0 aromatic rings. The van der Waals surface area contributed by atoms with Gasteiger partial charge < -0.3 is 5.32 Å². The second kappa shape index (κ2) is 7.16. The molecule has 0 aromatic heterocycles. The largest absolute Gasteiger partial charge is 0.311 e. The van der Waals surface area contributed by atoms with Crippen LogP contribution in [0.4, 0.5) is 0 Å². The van der Waals surface area contributed by atoms with Gasteiger partial charge in [-0.1, -0.05) is 27.2 Å².